The number of ether oxygens (including phenoxy) is 1. The molecule has 0 aliphatic heterocycles. The van der Waals surface area contributed by atoms with Gasteiger partial charge in [-0.15, -0.1) is 15.3 Å². The fraction of sp³-hybridized carbons (Fsp3) is 0.0769. The molecule has 0 bridgehead atoms. The minimum Gasteiger partial charge on any atom is -0.468 e. The molecule has 0 aliphatic carbocycles. The first-order valence-corrected chi connectivity index (χ1v) is 11.1. The van der Waals surface area contributed by atoms with Gasteiger partial charge in [0.1, 0.15) is 6.33 Å². The van der Waals surface area contributed by atoms with Gasteiger partial charge in [-0.3, -0.25) is 4.98 Å². The van der Waals surface area contributed by atoms with Crippen LogP contribution in [0.4, 0.5) is 0 Å². The van der Waals surface area contributed by atoms with Crippen molar-refractivity contribution in [3.63, 3.8) is 0 Å². The lowest BCUT2D eigenvalue weighted by Crippen LogP contribution is -2.06. The lowest BCUT2D eigenvalue weighted by molar-refractivity contribution is 0.280. The van der Waals surface area contributed by atoms with Gasteiger partial charge < -0.3 is 4.74 Å². The minimum absolute atomic E-state index is 0.163. The van der Waals surface area contributed by atoms with E-state index in [2.05, 4.69) is 25.3 Å². The maximum Gasteiger partial charge on any atom is 0.240 e. The number of fused-ring (bicyclic) bond motifs is 1. The third-order valence-corrected chi connectivity index (χ3v) is 5.45. The summed E-state index contributed by atoms with van der Waals surface area (Å²) in [5, 5.41) is 18.0. The first-order valence-electron chi connectivity index (χ1n) is 11.1. The van der Waals surface area contributed by atoms with Crippen molar-refractivity contribution in [2.24, 2.45) is 0 Å². The van der Waals surface area contributed by atoms with Crippen molar-refractivity contribution in [2.45, 2.75) is 13.2 Å². The highest BCUT2D eigenvalue weighted by molar-refractivity contribution is 5.72. The van der Waals surface area contributed by atoms with E-state index >= 15 is 0 Å². The molecule has 9 nitrogen and oxygen atoms in total. The first-order chi connectivity index (χ1) is 17.3. The minimum atomic E-state index is 0.163. The number of hydrogen-bond acceptors (Lipinski definition) is 7. The van der Waals surface area contributed by atoms with Crippen LogP contribution in [-0.2, 0) is 13.2 Å². The molecule has 0 saturated carbocycles. The molecule has 9 heteroatoms. The van der Waals surface area contributed by atoms with Crippen LogP contribution >= 0.6 is 0 Å². The van der Waals surface area contributed by atoms with Gasteiger partial charge in [0.25, 0.3) is 0 Å². The molecule has 0 saturated heterocycles. The lowest BCUT2D eigenvalue weighted by atomic mass is 10.1. The summed E-state index contributed by atoms with van der Waals surface area (Å²) in [6.45, 7) is 0.699. The second-order valence-electron chi connectivity index (χ2n) is 7.86. The second kappa shape index (κ2) is 9.14. The molecule has 6 aromatic rings. The summed E-state index contributed by atoms with van der Waals surface area (Å²) < 4.78 is 9.61. The molecular weight excluding hydrogens is 440 g/mol. The summed E-state index contributed by atoms with van der Waals surface area (Å²) >= 11 is 0. The third kappa shape index (κ3) is 4.34. The van der Waals surface area contributed by atoms with Crippen LogP contribution in [0.1, 0.15) is 11.5 Å². The standard InChI is InChI=1S/C26H20N8O/c1-3-9-19(10-4-1)22-15-24-29-30-25(20-11-5-2-6-12-20)34(24)32-26(22)35-17-23-28-18-33(31-23)16-21-13-7-8-14-27-21/h1-15,18H,16-17H2. The number of aromatic nitrogens is 8. The molecule has 2 aromatic carbocycles. The van der Waals surface area contributed by atoms with Crippen LogP contribution in [0.25, 0.3) is 28.2 Å². The van der Waals surface area contributed by atoms with Crippen LogP contribution < -0.4 is 4.74 Å². The molecule has 0 spiro atoms. The van der Waals surface area contributed by atoms with E-state index in [0.717, 1.165) is 22.4 Å². The molecule has 0 unspecified atom stereocenters. The number of pyridine rings is 1. The van der Waals surface area contributed by atoms with Crippen molar-refractivity contribution in [3.05, 3.63) is 109 Å². The molecule has 35 heavy (non-hydrogen) atoms. The van der Waals surface area contributed by atoms with Gasteiger partial charge in [-0.05, 0) is 23.8 Å². The van der Waals surface area contributed by atoms with Gasteiger partial charge >= 0.3 is 0 Å². The van der Waals surface area contributed by atoms with Crippen molar-refractivity contribution in [1.29, 1.82) is 0 Å². The van der Waals surface area contributed by atoms with Crippen molar-refractivity contribution in [2.75, 3.05) is 0 Å². The van der Waals surface area contributed by atoms with Crippen LogP contribution in [0, 0.1) is 0 Å². The highest BCUT2D eigenvalue weighted by Crippen LogP contribution is 2.30. The van der Waals surface area contributed by atoms with E-state index in [-0.39, 0.29) is 6.61 Å². The third-order valence-electron chi connectivity index (χ3n) is 5.45. The van der Waals surface area contributed by atoms with Crippen LogP contribution in [0.5, 0.6) is 5.88 Å². The van der Waals surface area contributed by atoms with Gasteiger partial charge in [0.15, 0.2) is 23.9 Å². The van der Waals surface area contributed by atoms with Crippen LogP contribution in [-0.4, -0.2) is 39.6 Å². The van der Waals surface area contributed by atoms with Crippen LogP contribution in [0.2, 0.25) is 0 Å². The summed E-state index contributed by atoms with van der Waals surface area (Å²) in [5.41, 5.74) is 4.24. The average Bonchev–Trinajstić information content (AvgIpc) is 3.55. The highest BCUT2D eigenvalue weighted by atomic mass is 16.5. The Morgan fingerprint density at radius 3 is 2.29 bits per heavy atom. The fourth-order valence-electron chi connectivity index (χ4n) is 3.78. The van der Waals surface area contributed by atoms with Gasteiger partial charge in [0.2, 0.25) is 5.88 Å². The van der Waals surface area contributed by atoms with Crippen molar-refractivity contribution >= 4 is 5.65 Å². The maximum atomic E-state index is 6.17. The van der Waals surface area contributed by atoms with Crippen molar-refractivity contribution in [3.8, 4) is 28.4 Å². The quantitative estimate of drug-likeness (QED) is 0.354. The zero-order valence-corrected chi connectivity index (χ0v) is 18.6. The molecule has 0 radical (unpaired) electrons. The zero-order chi connectivity index (χ0) is 23.5. The topological polar surface area (TPSA) is 95.9 Å². The summed E-state index contributed by atoms with van der Waals surface area (Å²) in [4.78, 5) is 8.72. The predicted molar refractivity (Wildman–Crippen MR) is 129 cm³/mol. The zero-order valence-electron chi connectivity index (χ0n) is 18.6. The summed E-state index contributed by atoms with van der Waals surface area (Å²) in [6, 6.07) is 27.5. The van der Waals surface area contributed by atoms with Gasteiger partial charge in [-0.25, -0.2) is 9.67 Å². The van der Waals surface area contributed by atoms with Gasteiger partial charge in [0.05, 0.1) is 12.2 Å². The Morgan fingerprint density at radius 1 is 0.743 bits per heavy atom. The van der Waals surface area contributed by atoms with E-state index in [4.69, 9.17) is 9.84 Å². The van der Waals surface area contributed by atoms with E-state index in [0.29, 0.717) is 29.7 Å². The Hall–Kier alpha value is -4.92. The van der Waals surface area contributed by atoms with Gasteiger partial charge in [-0.2, -0.15) is 9.61 Å². The summed E-state index contributed by atoms with van der Waals surface area (Å²) in [7, 11) is 0. The van der Waals surface area contributed by atoms with Crippen LogP contribution in [0.15, 0.2) is 97.5 Å². The van der Waals surface area contributed by atoms with E-state index in [1.165, 1.54) is 0 Å². The van der Waals surface area contributed by atoms with E-state index in [1.807, 2.05) is 84.9 Å². The Kier molecular flexibility index (Phi) is 5.40. The monoisotopic (exact) mass is 460 g/mol. The number of hydrogen-bond donors (Lipinski definition) is 0. The molecular formula is C26H20N8O. The molecule has 0 fully saturated rings. The molecule has 170 valence electrons. The Labute approximate surface area is 200 Å². The first kappa shape index (κ1) is 20.7. The molecule has 0 atom stereocenters. The molecule has 0 amide bonds. The van der Waals surface area contributed by atoms with E-state index in [9.17, 15) is 0 Å². The van der Waals surface area contributed by atoms with Crippen LogP contribution in [0.3, 0.4) is 0 Å². The predicted octanol–water partition coefficient (Wildman–Crippen LogP) is 4.07. The average molecular weight is 461 g/mol. The van der Waals surface area contributed by atoms with Crippen molar-refractivity contribution < 1.29 is 4.74 Å². The number of rotatable bonds is 7. The maximum absolute atomic E-state index is 6.17. The summed E-state index contributed by atoms with van der Waals surface area (Å²) in [5.74, 6) is 1.64. The molecule has 4 heterocycles. The normalized spacial score (nSPS) is 11.1. The Morgan fingerprint density at radius 2 is 1.51 bits per heavy atom. The number of benzene rings is 2. The molecule has 0 N–H and O–H groups in total. The molecule has 6 rings (SSSR count). The summed E-state index contributed by atoms with van der Waals surface area (Å²) in [6.07, 6.45) is 3.44. The fourth-order valence-corrected chi connectivity index (χ4v) is 3.78. The molecule has 4 aromatic heterocycles. The molecule has 0 aliphatic rings. The largest absolute Gasteiger partial charge is 0.468 e. The number of nitrogens with zero attached hydrogens (tertiary/aromatic N) is 8. The SMILES string of the molecule is c1ccc(-c2cc3nnc(-c4ccccc4)n3nc2OCc2ncn(Cc3ccccn3)n2)cc1. The second-order valence-corrected chi connectivity index (χ2v) is 7.86. The van der Waals surface area contributed by atoms with Gasteiger partial charge in [-0.1, -0.05) is 66.7 Å². The van der Waals surface area contributed by atoms with Crippen molar-refractivity contribution in [1.82, 2.24) is 39.6 Å². The lowest BCUT2D eigenvalue weighted by Gasteiger charge is -2.10. The Bertz CT molecular complexity index is 1560. The highest BCUT2D eigenvalue weighted by Gasteiger charge is 2.17. The van der Waals surface area contributed by atoms with E-state index in [1.54, 1.807) is 21.7 Å². The van der Waals surface area contributed by atoms with E-state index < -0.39 is 0 Å². The smallest absolute Gasteiger partial charge is 0.240 e. The van der Waals surface area contributed by atoms with Gasteiger partial charge in [0, 0.05) is 17.3 Å². The Balaban J connectivity index is 1.33.